The van der Waals surface area contributed by atoms with Crippen molar-refractivity contribution in [3.63, 3.8) is 0 Å². The van der Waals surface area contributed by atoms with Crippen molar-refractivity contribution < 1.29 is 22.6 Å². The number of ether oxygens (including phenoxy) is 2. The Kier molecular flexibility index (Phi) is 5.89. The van der Waals surface area contributed by atoms with Gasteiger partial charge in [-0.25, -0.2) is 9.97 Å². The maximum absolute atomic E-state index is 13.8. The third-order valence-corrected chi connectivity index (χ3v) is 5.49. The van der Waals surface area contributed by atoms with Gasteiger partial charge in [-0.3, -0.25) is 0 Å². The molecule has 0 aromatic carbocycles. The molecular weight excluding hydrogens is 413 g/mol. The monoisotopic (exact) mass is 438 g/mol. The van der Waals surface area contributed by atoms with Gasteiger partial charge in [0.15, 0.2) is 0 Å². The number of anilines is 3. The third-order valence-electron chi connectivity index (χ3n) is 5.49. The van der Waals surface area contributed by atoms with Crippen molar-refractivity contribution in [3.05, 3.63) is 23.9 Å². The number of pyridine rings is 1. The number of morpholine rings is 2. The highest BCUT2D eigenvalue weighted by atomic mass is 19.4. The number of halogens is 3. The highest BCUT2D eigenvalue weighted by Crippen LogP contribution is 2.38. The summed E-state index contributed by atoms with van der Waals surface area (Å²) in [6.07, 6.45) is -3.48. The fourth-order valence-electron chi connectivity index (χ4n) is 3.84. The van der Waals surface area contributed by atoms with E-state index in [2.05, 4.69) is 9.97 Å². The molecule has 31 heavy (non-hydrogen) atoms. The van der Waals surface area contributed by atoms with E-state index in [9.17, 15) is 13.2 Å². The lowest BCUT2D eigenvalue weighted by Crippen LogP contribution is -2.46. The summed E-state index contributed by atoms with van der Waals surface area (Å²) in [5, 5.41) is 0. The molecule has 11 heteroatoms. The van der Waals surface area contributed by atoms with Crippen molar-refractivity contribution >= 4 is 17.6 Å². The van der Waals surface area contributed by atoms with Crippen molar-refractivity contribution in [3.8, 4) is 11.3 Å². The van der Waals surface area contributed by atoms with Gasteiger partial charge in [-0.1, -0.05) is 0 Å². The molecule has 2 atom stereocenters. The summed E-state index contributed by atoms with van der Waals surface area (Å²) in [4.78, 5) is 17.1. The molecule has 0 saturated carbocycles. The van der Waals surface area contributed by atoms with E-state index in [1.54, 1.807) is 6.07 Å². The van der Waals surface area contributed by atoms with Gasteiger partial charge in [0.1, 0.15) is 11.6 Å². The molecule has 0 aliphatic carbocycles. The Bertz CT molecular complexity index is 901. The first-order valence-electron chi connectivity index (χ1n) is 10.1. The Morgan fingerprint density at radius 1 is 1.00 bits per heavy atom. The molecule has 0 amide bonds. The first kappa shape index (κ1) is 21.6. The molecule has 0 bridgehead atoms. The summed E-state index contributed by atoms with van der Waals surface area (Å²) in [6, 6.07) is 2.44. The van der Waals surface area contributed by atoms with Gasteiger partial charge < -0.3 is 25.0 Å². The van der Waals surface area contributed by atoms with E-state index in [4.69, 9.17) is 20.2 Å². The second kappa shape index (κ2) is 8.46. The number of nitrogens with two attached hydrogens (primary N) is 1. The standard InChI is InChI=1S/C20H25F3N6O2/c1-12-10-30-5-3-28(12)18-8-16(14-9-25-17(24)7-15(14)20(21,22)23)26-19(27-18)29-4-6-31-11-13(29)2/h7-9,12-13H,3-6,10-11H2,1-2H3,(H2,24,25)/t12-,13-/m1/s1. The van der Waals surface area contributed by atoms with E-state index in [1.165, 1.54) is 0 Å². The van der Waals surface area contributed by atoms with Gasteiger partial charge >= 0.3 is 6.18 Å². The molecule has 2 aliphatic rings. The number of hydrogen-bond acceptors (Lipinski definition) is 8. The van der Waals surface area contributed by atoms with Crippen molar-refractivity contribution in [2.75, 3.05) is 55.1 Å². The van der Waals surface area contributed by atoms with Gasteiger partial charge in [0.25, 0.3) is 0 Å². The van der Waals surface area contributed by atoms with Gasteiger partial charge in [0.05, 0.1) is 49.8 Å². The number of rotatable bonds is 3. The third kappa shape index (κ3) is 4.52. The van der Waals surface area contributed by atoms with Crippen LogP contribution < -0.4 is 15.5 Å². The Labute approximate surface area is 178 Å². The first-order chi connectivity index (χ1) is 14.7. The van der Waals surface area contributed by atoms with Crippen molar-refractivity contribution in [1.29, 1.82) is 0 Å². The average Bonchev–Trinajstić information content (AvgIpc) is 2.73. The summed E-state index contributed by atoms with van der Waals surface area (Å²) >= 11 is 0. The highest BCUT2D eigenvalue weighted by molar-refractivity contribution is 5.69. The van der Waals surface area contributed by atoms with Crippen LogP contribution >= 0.6 is 0 Å². The predicted molar refractivity (Wildman–Crippen MR) is 110 cm³/mol. The van der Waals surface area contributed by atoms with Gasteiger partial charge in [0, 0.05) is 30.9 Å². The largest absolute Gasteiger partial charge is 0.417 e. The zero-order valence-corrected chi connectivity index (χ0v) is 17.4. The van der Waals surface area contributed by atoms with Gasteiger partial charge in [-0.15, -0.1) is 0 Å². The summed E-state index contributed by atoms with van der Waals surface area (Å²) < 4.78 is 52.3. The minimum absolute atomic E-state index is 0.00871. The lowest BCUT2D eigenvalue weighted by molar-refractivity contribution is -0.137. The molecule has 2 aromatic rings. The van der Waals surface area contributed by atoms with Crippen LogP contribution in [0.1, 0.15) is 19.4 Å². The number of nitrogens with zero attached hydrogens (tertiary/aromatic N) is 5. The molecular formula is C20H25F3N6O2. The van der Waals surface area contributed by atoms with Crippen LogP contribution in [0.5, 0.6) is 0 Å². The van der Waals surface area contributed by atoms with Gasteiger partial charge in [0.2, 0.25) is 5.95 Å². The second-order valence-corrected chi connectivity index (χ2v) is 7.80. The quantitative estimate of drug-likeness (QED) is 0.782. The fraction of sp³-hybridized carbons (Fsp3) is 0.550. The van der Waals surface area contributed by atoms with Gasteiger partial charge in [-0.05, 0) is 19.9 Å². The maximum Gasteiger partial charge on any atom is 0.417 e. The van der Waals surface area contributed by atoms with Gasteiger partial charge in [-0.2, -0.15) is 18.2 Å². The topological polar surface area (TPSA) is 89.6 Å². The molecule has 2 aromatic heterocycles. The molecule has 4 rings (SSSR count). The molecule has 168 valence electrons. The molecule has 0 spiro atoms. The zero-order valence-electron chi connectivity index (χ0n) is 17.4. The molecule has 2 N–H and O–H groups in total. The molecule has 0 radical (unpaired) electrons. The number of nitrogen functional groups attached to an aromatic ring is 1. The molecule has 2 fully saturated rings. The number of alkyl halides is 3. The second-order valence-electron chi connectivity index (χ2n) is 7.80. The predicted octanol–water partition coefficient (Wildman–Crippen LogP) is 2.59. The Hall–Kier alpha value is -2.66. The van der Waals surface area contributed by atoms with Crippen molar-refractivity contribution in [2.24, 2.45) is 0 Å². The fourth-order valence-corrected chi connectivity index (χ4v) is 3.84. The van der Waals surface area contributed by atoms with Crippen LogP contribution in [-0.2, 0) is 15.7 Å². The minimum Gasteiger partial charge on any atom is -0.384 e. The van der Waals surface area contributed by atoms with Crippen LogP contribution in [-0.4, -0.2) is 66.6 Å². The Morgan fingerprint density at radius 2 is 1.65 bits per heavy atom. The smallest absolute Gasteiger partial charge is 0.384 e. The van der Waals surface area contributed by atoms with E-state index < -0.39 is 11.7 Å². The van der Waals surface area contributed by atoms with E-state index in [1.807, 2.05) is 23.6 Å². The summed E-state index contributed by atoms with van der Waals surface area (Å²) in [5.41, 5.74) is 4.69. The molecule has 2 aliphatic heterocycles. The van der Waals surface area contributed by atoms with Crippen molar-refractivity contribution in [1.82, 2.24) is 15.0 Å². The van der Waals surface area contributed by atoms with E-state index in [0.29, 0.717) is 51.3 Å². The average molecular weight is 438 g/mol. The molecule has 8 nitrogen and oxygen atoms in total. The van der Waals surface area contributed by atoms with Crippen LogP contribution in [0, 0.1) is 0 Å². The molecule has 0 unspecified atom stereocenters. The Morgan fingerprint density at radius 3 is 2.26 bits per heavy atom. The highest BCUT2D eigenvalue weighted by Gasteiger charge is 2.35. The van der Waals surface area contributed by atoms with E-state index in [-0.39, 0.29) is 29.2 Å². The molecule has 4 heterocycles. The van der Waals surface area contributed by atoms with E-state index >= 15 is 0 Å². The zero-order chi connectivity index (χ0) is 22.2. The van der Waals surface area contributed by atoms with Crippen molar-refractivity contribution in [2.45, 2.75) is 32.1 Å². The van der Waals surface area contributed by atoms with Crippen LogP contribution in [0.2, 0.25) is 0 Å². The Balaban J connectivity index is 1.86. The summed E-state index contributed by atoms with van der Waals surface area (Å²) in [5.74, 6) is 0.723. The minimum atomic E-state index is -4.60. The van der Waals surface area contributed by atoms with E-state index in [0.717, 1.165) is 12.3 Å². The van der Waals surface area contributed by atoms with Crippen LogP contribution in [0.3, 0.4) is 0 Å². The lowest BCUT2D eigenvalue weighted by atomic mass is 10.1. The SMILES string of the molecule is C[C@@H]1COCCN1c1cc(-c2cnc(N)cc2C(F)(F)F)nc(N2CCOC[C@H]2C)n1. The van der Waals surface area contributed by atoms with Crippen LogP contribution in [0.4, 0.5) is 30.8 Å². The molecule has 2 saturated heterocycles. The maximum atomic E-state index is 13.8. The first-order valence-corrected chi connectivity index (χ1v) is 10.1. The van der Waals surface area contributed by atoms with Crippen LogP contribution in [0.25, 0.3) is 11.3 Å². The normalized spacial score (nSPS) is 22.6. The van der Waals surface area contributed by atoms with Crippen LogP contribution in [0.15, 0.2) is 18.3 Å². The number of aromatic nitrogens is 3. The summed E-state index contributed by atoms with van der Waals surface area (Å²) in [6.45, 7) is 7.12. The number of hydrogen-bond donors (Lipinski definition) is 1. The lowest BCUT2D eigenvalue weighted by Gasteiger charge is -2.37. The summed E-state index contributed by atoms with van der Waals surface area (Å²) in [7, 11) is 0.